The van der Waals surface area contributed by atoms with Crippen LogP contribution in [0.25, 0.3) is 0 Å². The van der Waals surface area contributed by atoms with Crippen molar-refractivity contribution in [3.8, 4) is 5.75 Å². The van der Waals surface area contributed by atoms with Gasteiger partial charge < -0.3 is 15.4 Å². The Kier molecular flexibility index (Phi) is 5.12. The topological polar surface area (TPSA) is 76.1 Å². The number of anilines is 3. The van der Waals surface area contributed by atoms with Crippen molar-refractivity contribution in [2.24, 2.45) is 0 Å². The number of hydrogen-bond acceptors (Lipinski definition) is 5. The van der Waals surface area contributed by atoms with E-state index < -0.39 is 0 Å². The Balaban J connectivity index is 1.70. The molecule has 3 rings (SSSR count). The minimum atomic E-state index is -0.222. The van der Waals surface area contributed by atoms with E-state index in [2.05, 4.69) is 20.8 Å². The molecule has 0 aliphatic carbocycles. The molecule has 0 aliphatic heterocycles. The van der Waals surface area contributed by atoms with E-state index in [-0.39, 0.29) is 5.91 Å². The highest BCUT2D eigenvalue weighted by Crippen LogP contribution is 2.27. The summed E-state index contributed by atoms with van der Waals surface area (Å²) in [6.45, 7) is 3.97. The van der Waals surface area contributed by atoms with E-state index in [1.807, 2.05) is 44.2 Å². The maximum atomic E-state index is 12.2. The van der Waals surface area contributed by atoms with Crippen LogP contribution in [0.1, 0.15) is 21.5 Å². The number of carbonyl (C=O) groups is 1. The molecule has 0 fully saturated rings. The van der Waals surface area contributed by atoms with Gasteiger partial charge in [-0.05, 0) is 55.8 Å². The van der Waals surface area contributed by atoms with E-state index in [1.165, 1.54) is 0 Å². The zero-order chi connectivity index (χ0) is 18.5. The minimum absolute atomic E-state index is 0.222. The number of aromatic nitrogens is 2. The zero-order valence-electron chi connectivity index (χ0n) is 14.9. The fourth-order valence-electron chi connectivity index (χ4n) is 2.42. The van der Waals surface area contributed by atoms with Gasteiger partial charge in [0.05, 0.1) is 12.8 Å². The number of methoxy groups -OCH3 is 1. The first kappa shape index (κ1) is 17.4. The first-order valence-corrected chi connectivity index (χ1v) is 8.18. The van der Waals surface area contributed by atoms with Gasteiger partial charge in [0.25, 0.3) is 5.91 Å². The van der Waals surface area contributed by atoms with Crippen LogP contribution in [-0.4, -0.2) is 23.2 Å². The molecule has 0 radical (unpaired) electrons. The highest BCUT2D eigenvalue weighted by Gasteiger charge is 2.08. The standard InChI is InChI=1S/C20H20N4O2/c1-13-4-7-15(8-5-13)20(25)22-19-11-10-18(23-24-19)21-16-12-14(2)6-9-17(16)26-3/h4-12H,1-3H3,(H,21,23)(H,22,24,25). The van der Waals surface area contributed by atoms with Crippen LogP contribution < -0.4 is 15.4 Å². The summed E-state index contributed by atoms with van der Waals surface area (Å²) in [5.41, 5.74) is 3.58. The van der Waals surface area contributed by atoms with Gasteiger partial charge in [-0.15, -0.1) is 10.2 Å². The van der Waals surface area contributed by atoms with Gasteiger partial charge in [-0.2, -0.15) is 0 Å². The Bertz CT molecular complexity index is 906. The van der Waals surface area contributed by atoms with Crippen molar-refractivity contribution in [1.82, 2.24) is 10.2 Å². The lowest BCUT2D eigenvalue weighted by molar-refractivity contribution is 0.102. The van der Waals surface area contributed by atoms with Gasteiger partial charge in [-0.3, -0.25) is 4.79 Å². The van der Waals surface area contributed by atoms with Crippen LogP contribution in [0.4, 0.5) is 17.3 Å². The molecule has 0 unspecified atom stereocenters. The highest BCUT2D eigenvalue weighted by molar-refractivity contribution is 6.03. The van der Waals surface area contributed by atoms with E-state index in [1.54, 1.807) is 31.4 Å². The van der Waals surface area contributed by atoms with Gasteiger partial charge in [-0.1, -0.05) is 23.8 Å². The molecular weight excluding hydrogens is 328 g/mol. The molecule has 6 nitrogen and oxygen atoms in total. The number of ether oxygens (including phenoxy) is 1. The van der Waals surface area contributed by atoms with Gasteiger partial charge in [0.2, 0.25) is 0 Å². The lowest BCUT2D eigenvalue weighted by Gasteiger charge is -2.11. The number of carbonyl (C=O) groups excluding carboxylic acids is 1. The van der Waals surface area contributed by atoms with Gasteiger partial charge in [0.1, 0.15) is 5.75 Å². The first-order valence-electron chi connectivity index (χ1n) is 8.18. The third kappa shape index (κ3) is 4.16. The van der Waals surface area contributed by atoms with Crippen LogP contribution in [0, 0.1) is 13.8 Å². The third-order valence-electron chi connectivity index (χ3n) is 3.84. The van der Waals surface area contributed by atoms with E-state index >= 15 is 0 Å². The zero-order valence-corrected chi connectivity index (χ0v) is 14.9. The molecule has 6 heteroatoms. The summed E-state index contributed by atoms with van der Waals surface area (Å²) in [7, 11) is 1.62. The normalized spacial score (nSPS) is 10.3. The SMILES string of the molecule is COc1ccc(C)cc1Nc1ccc(NC(=O)c2ccc(C)cc2)nn1. The smallest absolute Gasteiger partial charge is 0.256 e. The van der Waals surface area contributed by atoms with Crippen LogP contribution in [0.3, 0.4) is 0 Å². The molecule has 0 aliphatic rings. The molecule has 0 saturated heterocycles. The van der Waals surface area contributed by atoms with Crippen molar-refractivity contribution in [3.63, 3.8) is 0 Å². The molecule has 0 bridgehead atoms. The molecule has 0 atom stereocenters. The number of nitrogens with one attached hydrogen (secondary N) is 2. The van der Waals surface area contributed by atoms with E-state index in [4.69, 9.17) is 4.74 Å². The van der Waals surface area contributed by atoms with Crippen molar-refractivity contribution in [2.75, 3.05) is 17.7 Å². The highest BCUT2D eigenvalue weighted by atomic mass is 16.5. The Morgan fingerprint density at radius 3 is 2.19 bits per heavy atom. The fraction of sp³-hybridized carbons (Fsp3) is 0.150. The van der Waals surface area contributed by atoms with Crippen molar-refractivity contribution >= 4 is 23.2 Å². The van der Waals surface area contributed by atoms with Crippen molar-refractivity contribution in [1.29, 1.82) is 0 Å². The van der Waals surface area contributed by atoms with E-state index in [0.717, 1.165) is 16.8 Å². The first-order chi connectivity index (χ1) is 12.5. The molecule has 0 spiro atoms. The summed E-state index contributed by atoms with van der Waals surface area (Å²) >= 11 is 0. The monoisotopic (exact) mass is 348 g/mol. The number of aryl methyl sites for hydroxylation is 2. The average molecular weight is 348 g/mol. The summed E-state index contributed by atoms with van der Waals surface area (Å²) in [5, 5.41) is 14.1. The van der Waals surface area contributed by atoms with E-state index in [0.29, 0.717) is 22.9 Å². The summed E-state index contributed by atoms with van der Waals surface area (Å²) in [6.07, 6.45) is 0. The van der Waals surface area contributed by atoms with Crippen LogP contribution in [0.2, 0.25) is 0 Å². The fourth-order valence-corrected chi connectivity index (χ4v) is 2.42. The Hall–Kier alpha value is -3.41. The predicted molar refractivity (Wildman–Crippen MR) is 102 cm³/mol. The second kappa shape index (κ2) is 7.65. The molecule has 132 valence electrons. The van der Waals surface area contributed by atoms with Gasteiger partial charge in [0, 0.05) is 5.56 Å². The van der Waals surface area contributed by atoms with Gasteiger partial charge in [0.15, 0.2) is 11.6 Å². The Morgan fingerprint density at radius 1 is 0.885 bits per heavy atom. The molecule has 3 aromatic rings. The molecule has 1 amide bonds. The number of amides is 1. The Labute approximate surface area is 152 Å². The molecule has 2 aromatic carbocycles. The lowest BCUT2D eigenvalue weighted by Crippen LogP contribution is -2.13. The number of benzene rings is 2. The van der Waals surface area contributed by atoms with Crippen molar-refractivity contribution < 1.29 is 9.53 Å². The number of rotatable bonds is 5. The van der Waals surface area contributed by atoms with Crippen LogP contribution in [-0.2, 0) is 0 Å². The van der Waals surface area contributed by atoms with Crippen LogP contribution >= 0.6 is 0 Å². The largest absolute Gasteiger partial charge is 0.495 e. The molecule has 1 heterocycles. The van der Waals surface area contributed by atoms with Crippen LogP contribution in [0.5, 0.6) is 5.75 Å². The molecular formula is C20H20N4O2. The molecule has 0 saturated carbocycles. The van der Waals surface area contributed by atoms with Crippen molar-refractivity contribution in [3.05, 3.63) is 71.3 Å². The number of hydrogen-bond donors (Lipinski definition) is 2. The maximum Gasteiger partial charge on any atom is 0.256 e. The second-order valence-corrected chi connectivity index (χ2v) is 5.95. The number of nitrogens with zero attached hydrogens (tertiary/aromatic N) is 2. The summed E-state index contributed by atoms with van der Waals surface area (Å²) in [4.78, 5) is 12.2. The summed E-state index contributed by atoms with van der Waals surface area (Å²) < 4.78 is 5.34. The third-order valence-corrected chi connectivity index (χ3v) is 3.84. The molecule has 26 heavy (non-hydrogen) atoms. The van der Waals surface area contributed by atoms with Crippen molar-refractivity contribution in [2.45, 2.75) is 13.8 Å². The molecule has 1 aromatic heterocycles. The summed E-state index contributed by atoms with van der Waals surface area (Å²) in [6, 6.07) is 16.6. The van der Waals surface area contributed by atoms with E-state index in [9.17, 15) is 4.79 Å². The average Bonchev–Trinajstić information content (AvgIpc) is 2.64. The van der Waals surface area contributed by atoms with Gasteiger partial charge in [-0.25, -0.2) is 0 Å². The molecule has 2 N–H and O–H groups in total. The maximum absolute atomic E-state index is 12.2. The lowest BCUT2D eigenvalue weighted by atomic mass is 10.1. The predicted octanol–water partition coefficient (Wildman–Crippen LogP) is 4.10. The van der Waals surface area contributed by atoms with Crippen LogP contribution in [0.15, 0.2) is 54.6 Å². The quantitative estimate of drug-likeness (QED) is 0.726. The minimum Gasteiger partial charge on any atom is -0.495 e. The Morgan fingerprint density at radius 2 is 1.54 bits per heavy atom. The second-order valence-electron chi connectivity index (χ2n) is 5.95. The van der Waals surface area contributed by atoms with Gasteiger partial charge >= 0.3 is 0 Å². The summed E-state index contributed by atoms with van der Waals surface area (Å²) in [5.74, 6) is 1.44.